The van der Waals surface area contributed by atoms with Gasteiger partial charge in [-0.05, 0) is 49.2 Å². The van der Waals surface area contributed by atoms with Crippen LogP contribution in [0, 0.1) is 13.8 Å². The number of halogens is 3. The number of alkyl halides is 3. The molecule has 0 radical (unpaired) electrons. The van der Waals surface area contributed by atoms with Gasteiger partial charge in [0, 0.05) is 17.6 Å². The molecule has 8 heteroatoms. The largest absolute Gasteiger partial charge is 0.416 e. The highest BCUT2D eigenvalue weighted by Crippen LogP contribution is 2.31. The smallest absolute Gasteiger partial charge is 0.324 e. The van der Waals surface area contributed by atoms with Crippen LogP contribution in [0.1, 0.15) is 27.2 Å². The first-order chi connectivity index (χ1) is 13.2. The van der Waals surface area contributed by atoms with Gasteiger partial charge in [-0.15, -0.1) is 0 Å². The lowest BCUT2D eigenvalue weighted by Gasteiger charge is -2.12. The number of rotatable bonds is 4. The van der Waals surface area contributed by atoms with E-state index >= 15 is 0 Å². The normalized spacial score (nSPS) is 11.2. The fourth-order valence-corrected chi connectivity index (χ4v) is 2.64. The number of anilines is 3. The third-order valence-corrected chi connectivity index (χ3v) is 4.05. The molecule has 0 bridgehead atoms. The first kappa shape index (κ1) is 19.3. The van der Waals surface area contributed by atoms with Gasteiger partial charge in [0.05, 0.1) is 5.56 Å². The molecule has 0 fully saturated rings. The molecule has 0 atom stereocenters. The molecule has 1 amide bonds. The molecule has 3 rings (SSSR count). The van der Waals surface area contributed by atoms with Crippen LogP contribution in [0.15, 0.2) is 54.7 Å². The summed E-state index contributed by atoms with van der Waals surface area (Å²) in [5.74, 6) is -0.416. The average molecular weight is 386 g/mol. The summed E-state index contributed by atoms with van der Waals surface area (Å²) in [5.41, 5.74) is 1.98. The summed E-state index contributed by atoms with van der Waals surface area (Å²) in [4.78, 5) is 20.6. The van der Waals surface area contributed by atoms with Crippen molar-refractivity contribution in [2.24, 2.45) is 0 Å². The zero-order valence-corrected chi connectivity index (χ0v) is 15.1. The van der Waals surface area contributed by atoms with Crippen molar-refractivity contribution in [3.05, 3.63) is 77.1 Å². The van der Waals surface area contributed by atoms with E-state index in [0.717, 1.165) is 23.3 Å². The van der Waals surface area contributed by atoms with Crippen molar-refractivity contribution < 1.29 is 18.0 Å². The number of aryl methyl sites for hydroxylation is 2. The van der Waals surface area contributed by atoms with Crippen LogP contribution in [-0.4, -0.2) is 15.9 Å². The number of nitrogens with one attached hydrogen (secondary N) is 2. The molecule has 1 aromatic heterocycles. The molecule has 0 aliphatic heterocycles. The minimum atomic E-state index is -4.45. The Hall–Kier alpha value is -3.42. The van der Waals surface area contributed by atoms with E-state index in [1.807, 2.05) is 32.0 Å². The second-order valence-corrected chi connectivity index (χ2v) is 6.19. The monoisotopic (exact) mass is 386 g/mol. The standard InChI is InChI=1S/C20H17F3N4O/c1-12-5-3-6-13(2)17(12)27-18(28)16-9-10-24-19(26-16)25-15-8-4-7-14(11-15)20(21,22)23/h3-11H,1-2H3,(H,27,28)(H,24,25,26). The van der Waals surface area contributed by atoms with Gasteiger partial charge in [-0.25, -0.2) is 9.97 Å². The zero-order chi connectivity index (χ0) is 20.3. The van der Waals surface area contributed by atoms with E-state index in [2.05, 4.69) is 20.6 Å². The molecule has 0 saturated carbocycles. The molecule has 1 heterocycles. The molecule has 3 aromatic rings. The Bertz CT molecular complexity index is 998. The van der Waals surface area contributed by atoms with Crippen molar-refractivity contribution in [3.8, 4) is 0 Å². The van der Waals surface area contributed by atoms with Gasteiger partial charge in [0.2, 0.25) is 5.95 Å². The van der Waals surface area contributed by atoms with Crippen LogP contribution < -0.4 is 10.6 Å². The maximum Gasteiger partial charge on any atom is 0.416 e. The van der Waals surface area contributed by atoms with Crippen LogP contribution in [0.3, 0.4) is 0 Å². The molecule has 0 saturated heterocycles. The second-order valence-electron chi connectivity index (χ2n) is 6.19. The molecule has 2 aromatic carbocycles. The molecule has 0 aliphatic rings. The summed E-state index contributed by atoms with van der Waals surface area (Å²) in [5, 5.41) is 5.51. The summed E-state index contributed by atoms with van der Waals surface area (Å²) in [7, 11) is 0. The molecule has 0 unspecified atom stereocenters. The Morgan fingerprint density at radius 1 is 1.00 bits per heavy atom. The maximum absolute atomic E-state index is 12.8. The summed E-state index contributed by atoms with van der Waals surface area (Å²) in [6, 6.07) is 11.7. The van der Waals surface area contributed by atoms with E-state index in [1.165, 1.54) is 24.4 Å². The SMILES string of the molecule is Cc1cccc(C)c1NC(=O)c1ccnc(Nc2cccc(C(F)(F)F)c2)n1. The highest BCUT2D eigenvalue weighted by atomic mass is 19.4. The van der Waals surface area contributed by atoms with E-state index < -0.39 is 17.6 Å². The minimum Gasteiger partial charge on any atom is -0.324 e. The first-order valence-corrected chi connectivity index (χ1v) is 8.39. The second kappa shape index (κ2) is 7.67. The van der Waals surface area contributed by atoms with Crippen molar-refractivity contribution >= 4 is 23.2 Å². The minimum absolute atomic E-state index is 0.0217. The van der Waals surface area contributed by atoms with Gasteiger partial charge in [-0.2, -0.15) is 13.2 Å². The lowest BCUT2D eigenvalue weighted by Crippen LogP contribution is -2.16. The Kier molecular flexibility index (Phi) is 5.30. The van der Waals surface area contributed by atoms with Crippen LogP contribution in [0.4, 0.5) is 30.5 Å². The summed E-state index contributed by atoms with van der Waals surface area (Å²) in [6.07, 6.45) is -3.09. The van der Waals surface area contributed by atoms with Crippen LogP contribution in [0.5, 0.6) is 0 Å². The highest BCUT2D eigenvalue weighted by molar-refractivity contribution is 6.03. The first-order valence-electron chi connectivity index (χ1n) is 8.39. The van der Waals surface area contributed by atoms with E-state index in [-0.39, 0.29) is 17.3 Å². The maximum atomic E-state index is 12.8. The number of carbonyl (C=O) groups excluding carboxylic acids is 1. The summed E-state index contributed by atoms with van der Waals surface area (Å²) in [6.45, 7) is 3.76. The topological polar surface area (TPSA) is 66.9 Å². The molecule has 5 nitrogen and oxygen atoms in total. The van der Waals surface area contributed by atoms with Gasteiger partial charge in [-0.3, -0.25) is 4.79 Å². The molecule has 2 N–H and O–H groups in total. The lowest BCUT2D eigenvalue weighted by molar-refractivity contribution is -0.137. The van der Waals surface area contributed by atoms with E-state index in [4.69, 9.17) is 0 Å². The number of carbonyl (C=O) groups is 1. The quantitative estimate of drug-likeness (QED) is 0.654. The Morgan fingerprint density at radius 2 is 1.68 bits per heavy atom. The zero-order valence-electron chi connectivity index (χ0n) is 15.1. The molecule has 0 aliphatic carbocycles. The molecular weight excluding hydrogens is 369 g/mol. The third-order valence-electron chi connectivity index (χ3n) is 4.05. The van der Waals surface area contributed by atoms with Crippen molar-refractivity contribution in [1.82, 2.24) is 9.97 Å². The number of hydrogen-bond acceptors (Lipinski definition) is 4. The molecular formula is C20H17F3N4O. The van der Waals surface area contributed by atoms with Gasteiger partial charge in [0.1, 0.15) is 5.69 Å². The number of nitrogens with zero attached hydrogens (tertiary/aromatic N) is 2. The van der Waals surface area contributed by atoms with Crippen molar-refractivity contribution in [2.45, 2.75) is 20.0 Å². The Labute approximate surface area is 159 Å². The Balaban J connectivity index is 1.80. The number of benzene rings is 2. The summed E-state index contributed by atoms with van der Waals surface area (Å²) >= 11 is 0. The fraction of sp³-hybridized carbons (Fsp3) is 0.150. The number of hydrogen-bond donors (Lipinski definition) is 2. The fourth-order valence-electron chi connectivity index (χ4n) is 2.64. The molecule has 0 spiro atoms. The van der Waals surface area contributed by atoms with Crippen LogP contribution in [0.25, 0.3) is 0 Å². The van der Waals surface area contributed by atoms with Crippen LogP contribution in [0.2, 0.25) is 0 Å². The van der Waals surface area contributed by atoms with Gasteiger partial charge in [0.25, 0.3) is 5.91 Å². The third kappa shape index (κ3) is 4.46. The summed E-state index contributed by atoms with van der Waals surface area (Å²) < 4.78 is 38.5. The van der Waals surface area contributed by atoms with Crippen LogP contribution >= 0.6 is 0 Å². The van der Waals surface area contributed by atoms with Gasteiger partial charge in [-0.1, -0.05) is 24.3 Å². The average Bonchev–Trinajstić information content (AvgIpc) is 2.64. The predicted octanol–water partition coefficient (Wildman–Crippen LogP) is 5.11. The Morgan fingerprint density at radius 3 is 2.36 bits per heavy atom. The number of para-hydroxylation sites is 1. The van der Waals surface area contributed by atoms with Gasteiger partial charge >= 0.3 is 6.18 Å². The van der Waals surface area contributed by atoms with Gasteiger partial charge in [0.15, 0.2) is 0 Å². The van der Waals surface area contributed by atoms with E-state index in [1.54, 1.807) is 0 Å². The number of aromatic nitrogens is 2. The molecule has 28 heavy (non-hydrogen) atoms. The lowest BCUT2D eigenvalue weighted by atomic mass is 10.1. The van der Waals surface area contributed by atoms with E-state index in [9.17, 15) is 18.0 Å². The highest BCUT2D eigenvalue weighted by Gasteiger charge is 2.30. The van der Waals surface area contributed by atoms with Gasteiger partial charge < -0.3 is 10.6 Å². The van der Waals surface area contributed by atoms with E-state index in [0.29, 0.717) is 5.69 Å². The van der Waals surface area contributed by atoms with Crippen molar-refractivity contribution in [3.63, 3.8) is 0 Å². The predicted molar refractivity (Wildman–Crippen MR) is 101 cm³/mol. The number of amides is 1. The van der Waals surface area contributed by atoms with Crippen molar-refractivity contribution in [2.75, 3.05) is 10.6 Å². The molecule has 144 valence electrons. The van der Waals surface area contributed by atoms with Crippen LogP contribution in [-0.2, 0) is 6.18 Å². The van der Waals surface area contributed by atoms with Crippen molar-refractivity contribution in [1.29, 1.82) is 0 Å².